The van der Waals surface area contributed by atoms with Gasteiger partial charge >= 0.3 is 15.6 Å². The number of ether oxygens (including phenoxy) is 2. The Balaban J connectivity index is 1.15. The van der Waals surface area contributed by atoms with Gasteiger partial charge in [-0.1, -0.05) is 5.57 Å². The van der Waals surface area contributed by atoms with E-state index in [2.05, 4.69) is 19.3 Å². The molecule has 0 aromatic carbocycles. The molecule has 0 bridgehead atoms. The number of amides is 1. The maximum Gasteiger partial charge on any atom is 0.481 e. The number of hydrogen-bond acceptors (Lipinski definition) is 17. The Labute approximate surface area is 253 Å². The fourth-order valence-electron chi connectivity index (χ4n) is 4.94. The number of aromatic nitrogens is 4. The van der Waals surface area contributed by atoms with Gasteiger partial charge in [-0.3, -0.25) is 18.4 Å². The molecule has 3 aliphatic heterocycles. The summed E-state index contributed by atoms with van der Waals surface area (Å²) >= 11 is 0. The lowest BCUT2D eigenvalue weighted by molar-refractivity contribution is -0.115. The zero-order chi connectivity index (χ0) is 32.8. The van der Waals surface area contributed by atoms with Crippen molar-refractivity contribution >= 4 is 38.5 Å². The fourth-order valence-corrected chi connectivity index (χ4v) is 7.03. The van der Waals surface area contributed by atoms with E-state index >= 15 is 0 Å². The average Bonchev–Trinajstić information content (AvgIpc) is 3.60. The molecule has 0 saturated carbocycles. The fraction of sp³-hybridized carbons (Fsp3) is 0.545. The topological polar surface area (TPSA) is 318 Å². The number of aliphatic hydroxyl groups is 4. The second kappa shape index (κ2) is 12.7. The molecular formula is C22H31N7O14P2. The zero-order valence-corrected chi connectivity index (χ0v) is 25.1. The summed E-state index contributed by atoms with van der Waals surface area (Å²) in [5, 5.41) is 41.8. The number of fused-ring (bicyclic) bond motifs is 1. The number of rotatable bonds is 11. The summed E-state index contributed by atoms with van der Waals surface area (Å²) in [4.78, 5) is 44.9. The van der Waals surface area contributed by atoms with Crippen molar-refractivity contribution in [2.45, 2.75) is 62.4 Å². The number of imidazole rings is 1. The molecule has 2 fully saturated rings. The van der Waals surface area contributed by atoms with Gasteiger partial charge in [0.05, 0.1) is 19.5 Å². The van der Waals surface area contributed by atoms with Crippen LogP contribution in [0.3, 0.4) is 0 Å². The van der Waals surface area contributed by atoms with Crippen molar-refractivity contribution in [3.8, 4) is 0 Å². The molecule has 5 rings (SSSR count). The molecule has 21 nitrogen and oxygen atoms in total. The van der Waals surface area contributed by atoms with Crippen molar-refractivity contribution in [3.05, 3.63) is 36.2 Å². The highest BCUT2D eigenvalue weighted by Gasteiger charge is 2.48. The van der Waals surface area contributed by atoms with E-state index in [-0.39, 0.29) is 29.0 Å². The largest absolute Gasteiger partial charge is 0.481 e. The van der Waals surface area contributed by atoms with Crippen molar-refractivity contribution in [3.63, 3.8) is 0 Å². The minimum absolute atomic E-state index is 0.0517. The van der Waals surface area contributed by atoms with Gasteiger partial charge in [0.15, 0.2) is 23.9 Å². The van der Waals surface area contributed by atoms with Gasteiger partial charge < -0.3 is 56.1 Å². The molecule has 1 amide bonds. The Morgan fingerprint density at radius 2 is 1.53 bits per heavy atom. The van der Waals surface area contributed by atoms with Crippen LogP contribution in [0.4, 0.5) is 5.82 Å². The van der Waals surface area contributed by atoms with Gasteiger partial charge in [0.1, 0.15) is 48.5 Å². The lowest BCUT2D eigenvalue weighted by Crippen LogP contribution is -2.40. The smallest absolute Gasteiger partial charge is 0.387 e. The van der Waals surface area contributed by atoms with E-state index in [9.17, 15) is 44.1 Å². The number of allylic oxidation sites excluding steroid dienone is 1. The third-order valence-corrected chi connectivity index (χ3v) is 9.70. The maximum atomic E-state index is 12.5. The number of aliphatic hydroxyl groups excluding tert-OH is 4. The van der Waals surface area contributed by atoms with E-state index < -0.39 is 83.8 Å². The second-order valence-electron chi connectivity index (χ2n) is 10.4. The second-order valence-corrected chi connectivity index (χ2v) is 13.4. The number of nitrogens with zero attached hydrogens (tertiary/aromatic N) is 5. The van der Waals surface area contributed by atoms with Crippen LogP contribution in [0.2, 0.25) is 0 Å². The molecule has 45 heavy (non-hydrogen) atoms. The molecule has 2 aromatic rings. The Hall–Kier alpha value is -2.88. The lowest BCUT2D eigenvalue weighted by Gasteiger charge is -2.30. The lowest BCUT2D eigenvalue weighted by atomic mass is 10.0. The first-order chi connectivity index (χ1) is 21.1. The molecule has 2 unspecified atom stereocenters. The first kappa shape index (κ1) is 33.5. The minimum Gasteiger partial charge on any atom is -0.387 e. The Morgan fingerprint density at radius 3 is 2.13 bits per heavy atom. The molecule has 2 aromatic heterocycles. The van der Waals surface area contributed by atoms with E-state index in [4.69, 9.17) is 30.0 Å². The van der Waals surface area contributed by atoms with Gasteiger partial charge in [0.25, 0.3) is 0 Å². The summed E-state index contributed by atoms with van der Waals surface area (Å²) in [6.45, 7) is -0.0890. The molecule has 5 heterocycles. The summed E-state index contributed by atoms with van der Waals surface area (Å²) in [5.41, 5.74) is 12.4. The molecule has 248 valence electrons. The number of nitrogen functional groups attached to an aromatic ring is 1. The van der Waals surface area contributed by atoms with Gasteiger partial charge in [-0.15, -0.1) is 0 Å². The van der Waals surface area contributed by atoms with Crippen LogP contribution >= 0.6 is 15.6 Å². The molecule has 10 N–H and O–H groups in total. The van der Waals surface area contributed by atoms with E-state index in [0.29, 0.717) is 5.57 Å². The van der Waals surface area contributed by atoms with Crippen LogP contribution in [0.1, 0.15) is 19.6 Å². The minimum atomic E-state index is -5.37. The van der Waals surface area contributed by atoms with Crippen LogP contribution in [-0.4, -0.2) is 117 Å². The first-order valence-electron chi connectivity index (χ1n) is 13.1. The van der Waals surface area contributed by atoms with Gasteiger partial charge in [0.2, 0.25) is 5.91 Å². The summed E-state index contributed by atoms with van der Waals surface area (Å²) < 4.78 is 51.0. The predicted octanol–water partition coefficient (Wildman–Crippen LogP) is -2.30. The molecular weight excluding hydrogens is 648 g/mol. The van der Waals surface area contributed by atoms with E-state index in [0.717, 1.165) is 6.33 Å². The summed E-state index contributed by atoms with van der Waals surface area (Å²) in [6.07, 6.45) is -6.33. The quantitative estimate of drug-likeness (QED) is 0.116. The highest BCUT2D eigenvalue weighted by atomic mass is 31.3. The number of phosphoric ester groups is 2. The van der Waals surface area contributed by atoms with Crippen LogP contribution in [0.5, 0.6) is 0 Å². The summed E-state index contributed by atoms with van der Waals surface area (Å²) in [5.74, 6) is -0.650. The number of carbonyl (C=O) groups excluding carboxylic acids is 1. The average molecular weight is 679 g/mol. The summed E-state index contributed by atoms with van der Waals surface area (Å²) in [6, 6.07) is 0. The van der Waals surface area contributed by atoms with Crippen molar-refractivity contribution in [2.75, 3.05) is 18.9 Å². The number of phosphoric acid groups is 2. The molecule has 0 spiro atoms. The predicted molar refractivity (Wildman–Crippen MR) is 146 cm³/mol. The van der Waals surface area contributed by atoms with Crippen molar-refractivity contribution < 1.29 is 67.0 Å². The van der Waals surface area contributed by atoms with Gasteiger partial charge in [-0.2, -0.15) is 4.31 Å². The van der Waals surface area contributed by atoms with E-state index in [1.165, 1.54) is 22.0 Å². The monoisotopic (exact) mass is 679 g/mol. The Bertz CT molecular complexity index is 1600. The summed E-state index contributed by atoms with van der Waals surface area (Å²) in [7, 11) is -10.7. The van der Waals surface area contributed by atoms with E-state index in [1.54, 1.807) is 13.1 Å². The molecule has 3 aliphatic rings. The third-order valence-electron chi connectivity index (χ3n) is 7.10. The van der Waals surface area contributed by atoms with Crippen molar-refractivity contribution in [2.24, 2.45) is 5.73 Å². The molecule has 0 aliphatic carbocycles. The van der Waals surface area contributed by atoms with Crippen molar-refractivity contribution in [1.82, 2.24) is 24.4 Å². The van der Waals surface area contributed by atoms with Gasteiger partial charge in [-0.25, -0.2) is 24.1 Å². The maximum absolute atomic E-state index is 12.5. The molecule has 10 atom stereocenters. The van der Waals surface area contributed by atoms with Crippen LogP contribution in [0, 0.1) is 0 Å². The first-order valence-corrected chi connectivity index (χ1v) is 16.1. The molecule has 0 radical (unpaired) electrons. The highest BCUT2D eigenvalue weighted by Crippen LogP contribution is 2.60. The van der Waals surface area contributed by atoms with E-state index in [1.807, 2.05) is 0 Å². The molecule has 23 heteroatoms. The Morgan fingerprint density at radius 1 is 0.956 bits per heavy atom. The normalized spacial score (nSPS) is 33.1. The SMILES string of the molecule is CC1=CN([C@@H]2O[C@H](COP(=O)(O)OP(=O)(O)OC[C@H]3O[C@@H](n4cnc5c(N)ncnc54)[C@H](O)[C@@H]3O)[C@@H](O)[C@H]2O)C=C(C(N)=O)C1. The van der Waals surface area contributed by atoms with Crippen LogP contribution in [0.25, 0.3) is 11.2 Å². The van der Waals surface area contributed by atoms with Gasteiger partial charge in [-0.05, 0) is 6.92 Å². The Kier molecular flexibility index (Phi) is 9.47. The molecule has 2 saturated heterocycles. The number of primary amides is 1. The number of nitrogens with two attached hydrogens (primary N) is 2. The van der Waals surface area contributed by atoms with Crippen LogP contribution < -0.4 is 11.5 Å². The van der Waals surface area contributed by atoms with Crippen LogP contribution in [-0.2, 0) is 36.8 Å². The highest BCUT2D eigenvalue weighted by molar-refractivity contribution is 7.61. The van der Waals surface area contributed by atoms with Gasteiger partial charge in [0, 0.05) is 24.4 Å². The zero-order valence-electron chi connectivity index (χ0n) is 23.3. The number of carbonyl (C=O) groups is 1. The van der Waals surface area contributed by atoms with Crippen molar-refractivity contribution in [1.29, 1.82) is 0 Å². The third kappa shape index (κ3) is 7.10. The number of hydrogen-bond donors (Lipinski definition) is 8. The van der Waals surface area contributed by atoms with Crippen LogP contribution in [0.15, 0.2) is 36.2 Å². The number of anilines is 1. The standard InChI is InChI=1S/C22H31N7O14P2/c1-9-2-10(19(24)34)4-28(3-9)21-16(32)14(30)11(41-21)5-39-44(35,36)43-45(37,38)40-6-12-15(31)17(33)22(42-12)29-8-27-13-18(23)25-7-26-20(13)29/h3-4,7-8,11-12,14-17,21-22,30-33H,2,5-6H2,1H3,(H2,24,34)(H,35,36)(H,37,38)(H2,23,25,26)/t11-,12-,14-,15-,16-,17-,21-,22-/m1/s1.